The molecule has 0 saturated heterocycles. The van der Waals surface area contributed by atoms with Crippen LogP contribution in [-0.4, -0.2) is 18.8 Å². The van der Waals surface area contributed by atoms with E-state index >= 15 is 0 Å². The van der Waals surface area contributed by atoms with Crippen molar-refractivity contribution >= 4 is 15.9 Å². The third kappa shape index (κ3) is 3.14. The fraction of sp³-hybridized carbons (Fsp3) is 0.417. The summed E-state index contributed by atoms with van der Waals surface area (Å²) in [5.41, 5.74) is 0.109. The molecule has 94 valence electrons. The summed E-state index contributed by atoms with van der Waals surface area (Å²) in [6.45, 7) is 6.86. The Labute approximate surface area is 101 Å². The van der Waals surface area contributed by atoms with Gasteiger partial charge in [-0.1, -0.05) is 32.4 Å². The maximum absolute atomic E-state index is 12.1. The lowest BCUT2D eigenvalue weighted by atomic mass is 9.86. The van der Waals surface area contributed by atoms with E-state index in [0.29, 0.717) is 0 Å². The molecule has 1 N–H and O–H groups in total. The van der Waals surface area contributed by atoms with Gasteiger partial charge in [0.1, 0.15) is 4.90 Å². The predicted octanol–water partition coefficient (Wildman–Crippen LogP) is 2.47. The van der Waals surface area contributed by atoms with Crippen molar-refractivity contribution in [2.24, 2.45) is 5.41 Å². The highest BCUT2D eigenvalue weighted by Crippen LogP contribution is 2.26. The Morgan fingerprint density at radius 3 is 2.18 bits per heavy atom. The Kier molecular flexibility index (Phi) is 3.45. The van der Waals surface area contributed by atoms with Gasteiger partial charge in [-0.25, -0.2) is 0 Å². The van der Waals surface area contributed by atoms with Crippen LogP contribution < -0.4 is 0 Å². The summed E-state index contributed by atoms with van der Waals surface area (Å²) < 4.78 is 31.5. The van der Waals surface area contributed by atoms with Gasteiger partial charge in [0, 0.05) is 11.0 Å². The van der Waals surface area contributed by atoms with Crippen molar-refractivity contribution in [2.45, 2.75) is 32.6 Å². The molecule has 0 unspecified atom stereocenters. The SMILES string of the molecule is Cc1ccc(S(=O)(=O)O)c(C(=O)C(C)(C)C)c1. The molecule has 0 aromatic heterocycles. The topological polar surface area (TPSA) is 71.4 Å². The Hall–Kier alpha value is -1.20. The molecule has 1 aromatic carbocycles. The second kappa shape index (κ2) is 4.23. The third-order valence-corrected chi connectivity index (χ3v) is 3.25. The number of rotatable bonds is 2. The lowest BCUT2D eigenvalue weighted by molar-refractivity contribution is 0.0854. The maximum atomic E-state index is 12.1. The van der Waals surface area contributed by atoms with Gasteiger partial charge in [0.15, 0.2) is 5.78 Å². The number of benzene rings is 1. The van der Waals surface area contributed by atoms with Crippen molar-refractivity contribution in [1.82, 2.24) is 0 Å². The van der Waals surface area contributed by atoms with Crippen LogP contribution in [0.1, 0.15) is 36.7 Å². The first-order valence-electron chi connectivity index (χ1n) is 5.16. The first kappa shape index (κ1) is 13.9. The van der Waals surface area contributed by atoms with Crippen LogP contribution in [0.3, 0.4) is 0 Å². The van der Waals surface area contributed by atoms with E-state index in [1.807, 2.05) is 0 Å². The van der Waals surface area contributed by atoms with Gasteiger partial charge in [-0.05, 0) is 19.1 Å². The largest absolute Gasteiger partial charge is 0.295 e. The molecule has 0 amide bonds. The maximum Gasteiger partial charge on any atom is 0.295 e. The zero-order valence-electron chi connectivity index (χ0n) is 10.3. The monoisotopic (exact) mass is 256 g/mol. The molecule has 0 bridgehead atoms. The van der Waals surface area contributed by atoms with Gasteiger partial charge in [0.25, 0.3) is 10.1 Å². The Balaban J connectivity index is 3.52. The Morgan fingerprint density at radius 1 is 1.24 bits per heavy atom. The van der Waals surface area contributed by atoms with E-state index < -0.39 is 15.5 Å². The fourth-order valence-electron chi connectivity index (χ4n) is 1.45. The van der Waals surface area contributed by atoms with Crippen molar-refractivity contribution in [3.63, 3.8) is 0 Å². The molecule has 1 rings (SSSR count). The van der Waals surface area contributed by atoms with Crippen LogP contribution in [0.4, 0.5) is 0 Å². The molecular weight excluding hydrogens is 240 g/mol. The quantitative estimate of drug-likeness (QED) is 0.651. The Bertz CT molecular complexity index is 550. The van der Waals surface area contributed by atoms with Crippen molar-refractivity contribution in [2.75, 3.05) is 0 Å². The van der Waals surface area contributed by atoms with Crippen molar-refractivity contribution in [3.05, 3.63) is 29.3 Å². The molecular formula is C12H16O4S. The number of carbonyl (C=O) groups excluding carboxylic acids is 1. The number of hydrogen-bond donors (Lipinski definition) is 1. The lowest BCUT2D eigenvalue weighted by Crippen LogP contribution is -2.22. The minimum Gasteiger partial charge on any atom is -0.294 e. The summed E-state index contributed by atoms with van der Waals surface area (Å²) in [4.78, 5) is 11.8. The second-order valence-electron chi connectivity index (χ2n) is 5.05. The molecule has 0 aliphatic heterocycles. The normalized spacial score (nSPS) is 12.5. The van der Waals surface area contributed by atoms with Crippen molar-refractivity contribution < 1.29 is 17.8 Å². The summed E-state index contributed by atoms with van der Waals surface area (Å²) >= 11 is 0. The van der Waals surface area contributed by atoms with Crippen LogP contribution in [0.15, 0.2) is 23.1 Å². The van der Waals surface area contributed by atoms with Crippen molar-refractivity contribution in [1.29, 1.82) is 0 Å². The van der Waals surface area contributed by atoms with Crippen LogP contribution in [0.2, 0.25) is 0 Å². The first-order chi connectivity index (χ1) is 7.53. The van der Waals surface area contributed by atoms with E-state index in [1.165, 1.54) is 12.1 Å². The molecule has 0 spiro atoms. The van der Waals surface area contributed by atoms with Gasteiger partial charge in [0.2, 0.25) is 0 Å². The number of hydrogen-bond acceptors (Lipinski definition) is 3. The number of carbonyl (C=O) groups is 1. The van der Waals surface area contributed by atoms with E-state index in [4.69, 9.17) is 4.55 Å². The van der Waals surface area contributed by atoms with Gasteiger partial charge < -0.3 is 0 Å². The number of ketones is 1. The molecule has 17 heavy (non-hydrogen) atoms. The van der Waals surface area contributed by atoms with Crippen LogP contribution in [0.5, 0.6) is 0 Å². The second-order valence-corrected chi connectivity index (χ2v) is 6.44. The standard InChI is InChI=1S/C12H16O4S/c1-8-5-6-10(17(14,15)16)9(7-8)11(13)12(2,3)4/h5-7H,1-4H3,(H,14,15,16). The van der Waals surface area contributed by atoms with Gasteiger partial charge in [-0.3, -0.25) is 9.35 Å². The van der Waals surface area contributed by atoms with E-state index in [1.54, 1.807) is 33.8 Å². The molecule has 0 fully saturated rings. The zero-order chi connectivity index (χ0) is 13.4. The Morgan fingerprint density at radius 2 is 1.76 bits per heavy atom. The van der Waals surface area contributed by atoms with Gasteiger partial charge in [0.05, 0.1) is 0 Å². The summed E-state index contributed by atoms with van der Waals surface area (Å²) in [7, 11) is -4.38. The van der Waals surface area contributed by atoms with Gasteiger partial charge >= 0.3 is 0 Å². The van der Waals surface area contributed by atoms with E-state index in [2.05, 4.69) is 0 Å². The van der Waals surface area contributed by atoms with E-state index in [-0.39, 0.29) is 16.2 Å². The average Bonchev–Trinajstić information content (AvgIpc) is 2.13. The molecule has 0 aliphatic carbocycles. The van der Waals surface area contributed by atoms with Crippen LogP contribution >= 0.6 is 0 Å². The van der Waals surface area contributed by atoms with E-state index in [0.717, 1.165) is 5.56 Å². The molecule has 1 aromatic rings. The average molecular weight is 256 g/mol. The highest BCUT2D eigenvalue weighted by Gasteiger charge is 2.28. The molecule has 0 heterocycles. The molecule has 0 radical (unpaired) electrons. The molecule has 0 aliphatic rings. The molecule has 0 atom stereocenters. The summed E-state index contributed by atoms with van der Waals surface area (Å²) in [5.74, 6) is -0.311. The predicted molar refractivity (Wildman–Crippen MR) is 64.8 cm³/mol. The highest BCUT2D eigenvalue weighted by molar-refractivity contribution is 7.86. The zero-order valence-corrected chi connectivity index (χ0v) is 11.1. The molecule has 5 heteroatoms. The first-order valence-corrected chi connectivity index (χ1v) is 6.60. The van der Waals surface area contributed by atoms with Crippen LogP contribution in [0, 0.1) is 12.3 Å². The van der Waals surface area contributed by atoms with Crippen LogP contribution in [-0.2, 0) is 10.1 Å². The summed E-state index contributed by atoms with van der Waals surface area (Å²) in [6, 6.07) is 4.28. The lowest BCUT2D eigenvalue weighted by Gasteiger charge is -2.18. The molecule has 4 nitrogen and oxygen atoms in total. The minimum atomic E-state index is -4.38. The van der Waals surface area contributed by atoms with E-state index in [9.17, 15) is 13.2 Å². The highest BCUT2D eigenvalue weighted by atomic mass is 32.2. The number of Topliss-reactive ketones (excluding diaryl/α,β-unsaturated/α-hetero) is 1. The van der Waals surface area contributed by atoms with Gasteiger partial charge in [-0.15, -0.1) is 0 Å². The third-order valence-electron chi connectivity index (χ3n) is 2.34. The molecule has 0 saturated carbocycles. The smallest absolute Gasteiger partial charge is 0.294 e. The van der Waals surface area contributed by atoms with Gasteiger partial charge in [-0.2, -0.15) is 8.42 Å². The summed E-state index contributed by atoms with van der Waals surface area (Å²) in [5, 5.41) is 0. The fourth-order valence-corrected chi connectivity index (χ4v) is 2.12. The van der Waals surface area contributed by atoms with Crippen LogP contribution in [0.25, 0.3) is 0 Å². The summed E-state index contributed by atoms with van der Waals surface area (Å²) in [6.07, 6.45) is 0. The minimum absolute atomic E-state index is 0.0417. The van der Waals surface area contributed by atoms with Crippen molar-refractivity contribution in [3.8, 4) is 0 Å². The number of aryl methyl sites for hydroxylation is 1.